The lowest BCUT2D eigenvalue weighted by Crippen LogP contribution is -2.45. The highest BCUT2D eigenvalue weighted by Gasteiger charge is 2.31. The number of urea groups is 1. The van der Waals surface area contributed by atoms with Crippen molar-refractivity contribution in [2.45, 2.75) is 13.0 Å². The van der Waals surface area contributed by atoms with E-state index in [1.807, 2.05) is 0 Å². The van der Waals surface area contributed by atoms with Gasteiger partial charge in [-0.1, -0.05) is 23.7 Å². The molecule has 1 unspecified atom stereocenters. The molecule has 7 nitrogen and oxygen atoms in total. The van der Waals surface area contributed by atoms with Crippen LogP contribution in [0.1, 0.15) is 18.5 Å². The van der Waals surface area contributed by atoms with Crippen LogP contribution < -0.4 is 16.0 Å². The molecule has 0 saturated heterocycles. The first-order valence-corrected chi connectivity index (χ1v) is 8.78. The van der Waals surface area contributed by atoms with Gasteiger partial charge in [0, 0.05) is 16.8 Å². The summed E-state index contributed by atoms with van der Waals surface area (Å²) in [6.45, 7) is 1.64. The predicted molar refractivity (Wildman–Crippen MR) is 103 cm³/mol. The number of hydrogen-bond donors (Lipinski definition) is 4. The maximum absolute atomic E-state index is 13.3. The summed E-state index contributed by atoms with van der Waals surface area (Å²) in [5, 5.41) is 16.0. The molecule has 0 bridgehead atoms. The van der Waals surface area contributed by atoms with E-state index in [1.54, 1.807) is 25.3 Å². The number of anilines is 1. The van der Waals surface area contributed by atoms with E-state index in [1.165, 1.54) is 24.3 Å². The molecule has 9 heteroatoms. The molecule has 0 aliphatic carbocycles. The number of hydrogen-bond acceptors (Lipinski definition) is 3. The lowest BCUT2D eigenvalue weighted by molar-refractivity contribution is -0.113. The molecule has 1 aliphatic heterocycles. The summed E-state index contributed by atoms with van der Waals surface area (Å²) in [6.07, 6.45) is 1.60. The third kappa shape index (κ3) is 3.29. The Balaban J connectivity index is 1.68. The molecule has 4 rings (SSSR count). The number of fused-ring (bicyclic) bond motifs is 1. The molecular weight excluding hydrogens is 385 g/mol. The molecule has 4 N–H and O–H groups in total. The van der Waals surface area contributed by atoms with E-state index in [-0.39, 0.29) is 0 Å². The molecule has 1 aliphatic rings. The Kier molecular flexibility index (Phi) is 4.48. The smallest absolute Gasteiger partial charge is 0.319 e. The van der Waals surface area contributed by atoms with Gasteiger partial charge in [0.1, 0.15) is 5.82 Å². The highest BCUT2D eigenvalue weighted by atomic mass is 35.5. The lowest BCUT2D eigenvalue weighted by atomic mass is 9.95. The molecule has 2 aromatic carbocycles. The summed E-state index contributed by atoms with van der Waals surface area (Å²) in [7, 11) is 0. The van der Waals surface area contributed by atoms with Crippen LogP contribution in [0.4, 0.5) is 14.9 Å². The number of nitrogens with one attached hydrogen (secondary N) is 4. The molecule has 142 valence electrons. The average molecular weight is 400 g/mol. The van der Waals surface area contributed by atoms with Crippen LogP contribution in [0.5, 0.6) is 0 Å². The van der Waals surface area contributed by atoms with Gasteiger partial charge in [0.05, 0.1) is 28.4 Å². The molecule has 0 radical (unpaired) electrons. The van der Waals surface area contributed by atoms with Crippen LogP contribution in [0.25, 0.3) is 10.9 Å². The van der Waals surface area contributed by atoms with E-state index in [0.29, 0.717) is 33.1 Å². The molecule has 0 saturated carbocycles. The van der Waals surface area contributed by atoms with Crippen LogP contribution in [0.3, 0.4) is 0 Å². The minimum absolute atomic E-state index is 0.314. The van der Waals surface area contributed by atoms with E-state index in [4.69, 9.17) is 11.6 Å². The lowest BCUT2D eigenvalue weighted by Gasteiger charge is -2.28. The fourth-order valence-electron chi connectivity index (χ4n) is 3.18. The van der Waals surface area contributed by atoms with E-state index in [9.17, 15) is 14.0 Å². The van der Waals surface area contributed by atoms with Gasteiger partial charge in [0.2, 0.25) is 0 Å². The van der Waals surface area contributed by atoms with Crippen molar-refractivity contribution < 1.29 is 14.0 Å². The second kappa shape index (κ2) is 6.97. The first kappa shape index (κ1) is 18.0. The van der Waals surface area contributed by atoms with Gasteiger partial charge < -0.3 is 16.0 Å². The van der Waals surface area contributed by atoms with E-state index >= 15 is 0 Å². The number of halogens is 2. The van der Waals surface area contributed by atoms with Gasteiger partial charge >= 0.3 is 6.03 Å². The minimum Gasteiger partial charge on any atom is -0.327 e. The van der Waals surface area contributed by atoms with Crippen molar-refractivity contribution in [1.29, 1.82) is 0 Å². The summed E-state index contributed by atoms with van der Waals surface area (Å²) in [4.78, 5) is 24.9. The summed E-state index contributed by atoms with van der Waals surface area (Å²) in [6, 6.07) is 7.80. The monoisotopic (exact) mass is 399 g/mol. The summed E-state index contributed by atoms with van der Waals surface area (Å²) in [5.74, 6) is -0.822. The predicted octanol–water partition coefficient (Wildman–Crippen LogP) is 3.62. The van der Waals surface area contributed by atoms with E-state index < -0.39 is 23.8 Å². The third-order valence-electron chi connectivity index (χ3n) is 4.48. The number of nitrogens with zero attached hydrogens (tertiary/aromatic N) is 1. The van der Waals surface area contributed by atoms with Gasteiger partial charge in [0.15, 0.2) is 0 Å². The van der Waals surface area contributed by atoms with Crippen molar-refractivity contribution in [1.82, 2.24) is 20.8 Å². The van der Waals surface area contributed by atoms with E-state index in [2.05, 4.69) is 26.1 Å². The molecule has 28 heavy (non-hydrogen) atoms. The maximum Gasteiger partial charge on any atom is 0.319 e. The SMILES string of the molecule is CC1=C(C(=O)Nc2cc(Cl)c3[nH]ncc3c2)C(c2ccc(F)cc2)NC(=O)N1. The van der Waals surface area contributed by atoms with Crippen molar-refractivity contribution in [3.63, 3.8) is 0 Å². The topological polar surface area (TPSA) is 98.9 Å². The zero-order chi connectivity index (χ0) is 19.8. The van der Waals surface area contributed by atoms with Crippen molar-refractivity contribution in [2.75, 3.05) is 5.32 Å². The highest BCUT2D eigenvalue weighted by Crippen LogP contribution is 2.30. The molecule has 2 heterocycles. The second-order valence-corrected chi connectivity index (χ2v) is 6.78. The number of benzene rings is 2. The molecule has 3 amide bonds. The van der Waals surface area contributed by atoms with Crippen LogP contribution in [0.2, 0.25) is 5.02 Å². The average Bonchev–Trinajstić information content (AvgIpc) is 3.10. The van der Waals surface area contributed by atoms with Crippen LogP contribution in [-0.2, 0) is 4.79 Å². The molecule has 1 aromatic heterocycles. The molecule has 0 fully saturated rings. The minimum atomic E-state index is -0.720. The number of H-pyrrole nitrogens is 1. The Morgan fingerprint density at radius 2 is 2.00 bits per heavy atom. The largest absolute Gasteiger partial charge is 0.327 e. The fourth-order valence-corrected chi connectivity index (χ4v) is 3.45. The van der Waals surface area contributed by atoms with Crippen molar-refractivity contribution in [3.05, 3.63) is 70.3 Å². The summed E-state index contributed by atoms with van der Waals surface area (Å²) < 4.78 is 13.3. The van der Waals surface area contributed by atoms with Crippen LogP contribution in [0.15, 0.2) is 53.9 Å². The van der Waals surface area contributed by atoms with Gasteiger partial charge in [-0.2, -0.15) is 5.10 Å². The number of allylic oxidation sites excluding steroid dienone is 1. The standard InChI is InChI=1S/C19H15ClFN5O2/c1-9-15(17(25-19(28)23-9)10-2-4-12(21)5-3-10)18(27)24-13-6-11-8-22-26-16(11)14(20)7-13/h2-8,17H,1H3,(H,22,26)(H,24,27)(H2,23,25,28). The van der Waals surface area contributed by atoms with Gasteiger partial charge in [-0.25, -0.2) is 9.18 Å². The van der Waals surface area contributed by atoms with Crippen LogP contribution in [-0.4, -0.2) is 22.1 Å². The molecule has 0 spiro atoms. The van der Waals surface area contributed by atoms with Crippen LogP contribution >= 0.6 is 11.6 Å². The molecular formula is C19H15ClFN5O2. The molecule has 1 atom stereocenters. The summed E-state index contributed by atoms with van der Waals surface area (Å²) >= 11 is 6.22. The van der Waals surface area contributed by atoms with Crippen molar-refractivity contribution >= 4 is 40.1 Å². The first-order valence-electron chi connectivity index (χ1n) is 8.40. The van der Waals surface area contributed by atoms with Gasteiger partial charge in [0.25, 0.3) is 5.91 Å². The number of rotatable bonds is 3. The Morgan fingerprint density at radius 3 is 2.75 bits per heavy atom. The van der Waals surface area contributed by atoms with Gasteiger partial charge in [-0.3, -0.25) is 9.89 Å². The zero-order valence-electron chi connectivity index (χ0n) is 14.6. The summed E-state index contributed by atoms with van der Waals surface area (Å²) in [5.41, 5.74) is 2.47. The van der Waals surface area contributed by atoms with Gasteiger partial charge in [-0.05, 0) is 36.8 Å². The number of carbonyl (C=O) groups excluding carboxylic acids is 2. The van der Waals surface area contributed by atoms with Crippen LogP contribution in [0, 0.1) is 5.82 Å². The quantitative estimate of drug-likeness (QED) is 0.541. The highest BCUT2D eigenvalue weighted by molar-refractivity contribution is 6.35. The first-order chi connectivity index (χ1) is 13.4. The Morgan fingerprint density at radius 1 is 1.25 bits per heavy atom. The maximum atomic E-state index is 13.3. The Hall–Kier alpha value is -3.39. The molecule has 3 aromatic rings. The fraction of sp³-hybridized carbons (Fsp3) is 0.105. The van der Waals surface area contributed by atoms with Crippen molar-refractivity contribution in [3.8, 4) is 0 Å². The van der Waals surface area contributed by atoms with Crippen molar-refractivity contribution in [2.24, 2.45) is 0 Å². The number of aromatic amines is 1. The third-order valence-corrected chi connectivity index (χ3v) is 4.77. The normalized spacial score (nSPS) is 16.7. The zero-order valence-corrected chi connectivity index (χ0v) is 15.4. The Labute approximate surface area is 164 Å². The number of amides is 3. The number of aromatic nitrogens is 2. The second-order valence-electron chi connectivity index (χ2n) is 6.37. The van der Waals surface area contributed by atoms with E-state index in [0.717, 1.165) is 5.39 Å². The number of carbonyl (C=O) groups is 2. The Bertz CT molecular complexity index is 1120. The van der Waals surface area contributed by atoms with Gasteiger partial charge in [-0.15, -0.1) is 0 Å².